The molecule has 2 rings (SSSR count). The van der Waals surface area contributed by atoms with Gasteiger partial charge in [-0.3, -0.25) is 0 Å². The molecule has 0 amide bonds. The van der Waals surface area contributed by atoms with Crippen molar-refractivity contribution >= 4 is 5.82 Å². The Morgan fingerprint density at radius 2 is 2.00 bits per heavy atom. The predicted molar refractivity (Wildman–Crippen MR) is 61.1 cm³/mol. The van der Waals surface area contributed by atoms with Crippen molar-refractivity contribution in [2.75, 3.05) is 5.73 Å². The van der Waals surface area contributed by atoms with Crippen LogP contribution in [-0.4, -0.2) is 10.1 Å². The van der Waals surface area contributed by atoms with Gasteiger partial charge in [0.05, 0.1) is 0 Å². The van der Waals surface area contributed by atoms with Crippen LogP contribution in [0, 0.1) is 0 Å². The number of hydrogen-bond donors (Lipinski definition) is 2. The number of aromatic nitrogens is 1. The second-order valence-electron chi connectivity index (χ2n) is 3.30. The molecule has 0 spiro atoms. The minimum atomic E-state index is 0.116. The molecule has 0 aliphatic heterocycles. The van der Waals surface area contributed by atoms with Gasteiger partial charge in [0.15, 0.2) is 11.5 Å². The first-order chi connectivity index (χ1) is 7.77. The number of ether oxygens (including phenoxy) is 1. The van der Waals surface area contributed by atoms with Gasteiger partial charge in [-0.25, -0.2) is 4.98 Å². The molecule has 0 atom stereocenters. The van der Waals surface area contributed by atoms with Gasteiger partial charge in [0.2, 0.25) is 0 Å². The number of phenols is 1. The number of nitrogens with two attached hydrogens (primary N) is 1. The monoisotopic (exact) mass is 216 g/mol. The van der Waals surface area contributed by atoms with Gasteiger partial charge in [-0.1, -0.05) is 18.2 Å². The summed E-state index contributed by atoms with van der Waals surface area (Å²) in [6, 6.07) is 10.4. The number of hydrogen-bond acceptors (Lipinski definition) is 4. The quantitative estimate of drug-likeness (QED) is 0.822. The molecular weight excluding hydrogens is 204 g/mol. The molecule has 0 fully saturated rings. The van der Waals surface area contributed by atoms with Crippen LogP contribution in [0.1, 0.15) is 5.56 Å². The lowest BCUT2D eigenvalue weighted by molar-refractivity contribution is 0.289. The summed E-state index contributed by atoms with van der Waals surface area (Å²) >= 11 is 0. The van der Waals surface area contributed by atoms with E-state index in [4.69, 9.17) is 10.5 Å². The fourth-order valence-electron chi connectivity index (χ4n) is 1.31. The van der Waals surface area contributed by atoms with Gasteiger partial charge in [-0.05, 0) is 18.2 Å². The van der Waals surface area contributed by atoms with Crippen LogP contribution in [0.4, 0.5) is 5.82 Å². The SMILES string of the molecule is Nc1ncccc1COc1ccccc1O. The van der Waals surface area contributed by atoms with Gasteiger partial charge in [0.25, 0.3) is 0 Å². The molecule has 2 aromatic rings. The van der Waals surface area contributed by atoms with E-state index in [0.29, 0.717) is 11.6 Å². The molecule has 0 saturated carbocycles. The number of nitrogen functional groups attached to an aromatic ring is 1. The molecule has 1 aromatic carbocycles. The lowest BCUT2D eigenvalue weighted by Gasteiger charge is -2.08. The second-order valence-corrected chi connectivity index (χ2v) is 3.30. The number of aromatic hydroxyl groups is 1. The number of anilines is 1. The molecule has 1 heterocycles. The lowest BCUT2D eigenvalue weighted by Crippen LogP contribution is -2.01. The van der Waals surface area contributed by atoms with E-state index in [1.807, 2.05) is 6.07 Å². The minimum absolute atomic E-state index is 0.116. The summed E-state index contributed by atoms with van der Waals surface area (Å²) in [6.45, 7) is 0.289. The Hall–Kier alpha value is -2.23. The number of benzene rings is 1. The molecule has 0 aliphatic carbocycles. The number of nitrogens with zero attached hydrogens (tertiary/aromatic N) is 1. The highest BCUT2D eigenvalue weighted by Gasteiger charge is 2.03. The van der Waals surface area contributed by atoms with E-state index >= 15 is 0 Å². The third-order valence-corrected chi connectivity index (χ3v) is 2.17. The van der Waals surface area contributed by atoms with Crippen molar-refractivity contribution in [3.63, 3.8) is 0 Å². The van der Waals surface area contributed by atoms with Crippen LogP contribution >= 0.6 is 0 Å². The maximum absolute atomic E-state index is 9.49. The molecule has 16 heavy (non-hydrogen) atoms. The van der Waals surface area contributed by atoms with E-state index in [0.717, 1.165) is 5.56 Å². The van der Waals surface area contributed by atoms with Crippen LogP contribution in [0.25, 0.3) is 0 Å². The average molecular weight is 216 g/mol. The Morgan fingerprint density at radius 1 is 1.19 bits per heavy atom. The van der Waals surface area contributed by atoms with Gasteiger partial charge in [0.1, 0.15) is 12.4 Å². The van der Waals surface area contributed by atoms with Gasteiger partial charge < -0.3 is 15.6 Å². The van der Waals surface area contributed by atoms with Crippen LogP contribution in [0.5, 0.6) is 11.5 Å². The normalized spacial score (nSPS) is 10.0. The van der Waals surface area contributed by atoms with Crippen LogP contribution in [0.3, 0.4) is 0 Å². The van der Waals surface area contributed by atoms with Crippen LogP contribution in [-0.2, 0) is 6.61 Å². The second kappa shape index (κ2) is 4.53. The van der Waals surface area contributed by atoms with E-state index < -0.39 is 0 Å². The van der Waals surface area contributed by atoms with Gasteiger partial charge >= 0.3 is 0 Å². The zero-order chi connectivity index (χ0) is 11.4. The summed E-state index contributed by atoms with van der Waals surface area (Å²) in [4.78, 5) is 3.95. The summed E-state index contributed by atoms with van der Waals surface area (Å²) in [5.41, 5.74) is 6.47. The fourth-order valence-corrected chi connectivity index (χ4v) is 1.31. The third kappa shape index (κ3) is 2.23. The fraction of sp³-hybridized carbons (Fsp3) is 0.0833. The van der Waals surface area contributed by atoms with Crippen molar-refractivity contribution in [3.8, 4) is 11.5 Å². The van der Waals surface area contributed by atoms with Gasteiger partial charge in [-0.15, -0.1) is 0 Å². The Balaban J connectivity index is 2.09. The third-order valence-electron chi connectivity index (χ3n) is 2.17. The number of para-hydroxylation sites is 2. The molecule has 0 radical (unpaired) electrons. The van der Waals surface area contributed by atoms with Crippen molar-refractivity contribution in [1.82, 2.24) is 4.98 Å². The number of phenolic OH excluding ortho intramolecular Hbond substituents is 1. The molecule has 82 valence electrons. The van der Waals surface area contributed by atoms with E-state index in [1.165, 1.54) is 0 Å². The van der Waals surface area contributed by atoms with Gasteiger partial charge in [0, 0.05) is 11.8 Å². The first-order valence-corrected chi connectivity index (χ1v) is 4.87. The smallest absolute Gasteiger partial charge is 0.161 e. The van der Waals surface area contributed by atoms with Crippen LogP contribution < -0.4 is 10.5 Å². The zero-order valence-electron chi connectivity index (χ0n) is 8.63. The molecule has 1 aromatic heterocycles. The van der Waals surface area contributed by atoms with Crippen LogP contribution in [0.15, 0.2) is 42.6 Å². The zero-order valence-corrected chi connectivity index (χ0v) is 8.63. The highest BCUT2D eigenvalue weighted by Crippen LogP contribution is 2.25. The Labute approximate surface area is 93.3 Å². The molecule has 0 bridgehead atoms. The predicted octanol–water partition coefficient (Wildman–Crippen LogP) is 1.95. The average Bonchev–Trinajstić information content (AvgIpc) is 2.30. The highest BCUT2D eigenvalue weighted by atomic mass is 16.5. The van der Waals surface area contributed by atoms with E-state index in [9.17, 15) is 5.11 Å². The Bertz CT molecular complexity index is 440. The van der Waals surface area contributed by atoms with Gasteiger partial charge in [-0.2, -0.15) is 0 Å². The van der Waals surface area contributed by atoms with Crippen molar-refractivity contribution in [2.24, 2.45) is 0 Å². The first-order valence-electron chi connectivity index (χ1n) is 4.87. The molecule has 0 unspecified atom stereocenters. The van der Waals surface area contributed by atoms with Crippen molar-refractivity contribution in [2.45, 2.75) is 6.61 Å². The first kappa shape index (κ1) is 10.3. The maximum Gasteiger partial charge on any atom is 0.161 e. The Kier molecular flexibility index (Phi) is 2.91. The number of pyridine rings is 1. The van der Waals surface area contributed by atoms with Crippen molar-refractivity contribution in [1.29, 1.82) is 0 Å². The lowest BCUT2D eigenvalue weighted by atomic mass is 10.2. The molecular formula is C12H12N2O2. The largest absolute Gasteiger partial charge is 0.504 e. The summed E-state index contributed by atoms with van der Waals surface area (Å²) in [5.74, 6) is 0.994. The molecule has 4 nitrogen and oxygen atoms in total. The number of rotatable bonds is 3. The molecule has 4 heteroatoms. The Morgan fingerprint density at radius 3 is 2.75 bits per heavy atom. The van der Waals surface area contributed by atoms with E-state index in [1.54, 1.807) is 36.5 Å². The minimum Gasteiger partial charge on any atom is -0.504 e. The van der Waals surface area contributed by atoms with E-state index in [-0.39, 0.29) is 12.4 Å². The molecule has 3 N–H and O–H groups in total. The summed E-state index contributed by atoms with van der Waals surface area (Å²) < 4.78 is 5.43. The molecule has 0 aliphatic rings. The topological polar surface area (TPSA) is 68.4 Å². The standard InChI is InChI=1S/C12H12N2O2/c13-12-9(4-3-7-14-12)8-16-11-6-2-1-5-10(11)15/h1-7,15H,8H2,(H2,13,14). The van der Waals surface area contributed by atoms with Crippen LogP contribution in [0.2, 0.25) is 0 Å². The summed E-state index contributed by atoms with van der Waals surface area (Å²) in [7, 11) is 0. The van der Waals surface area contributed by atoms with E-state index in [2.05, 4.69) is 4.98 Å². The maximum atomic E-state index is 9.49. The van der Waals surface area contributed by atoms with Crippen molar-refractivity contribution < 1.29 is 9.84 Å². The van der Waals surface area contributed by atoms with Crippen molar-refractivity contribution in [3.05, 3.63) is 48.2 Å². The summed E-state index contributed by atoms with van der Waals surface area (Å²) in [6.07, 6.45) is 1.62. The highest BCUT2D eigenvalue weighted by molar-refractivity contribution is 5.40. The molecule has 0 saturated heterocycles. The summed E-state index contributed by atoms with van der Waals surface area (Å²) in [5, 5.41) is 9.49.